The zero-order chi connectivity index (χ0) is 10.7. The highest BCUT2D eigenvalue weighted by atomic mass is 32.1. The molecule has 0 saturated heterocycles. The average Bonchev–Trinajstić information content (AvgIpc) is 2.74. The van der Waals surface area contributed by atoms with Crippen molar-refractivity contribution in [3.05, 3.63) is 22.4 Å². The molecule has 1 aliphatic carbocycles. The highest BCUT2D eigenvalue weighted by molar-refractivity contribution is 7.12. The Morgan fingerprint density at radius 1 is 1.47 bits per heavy atom. The number of amides is 1. The number of hydrogen-bond donors (Lipinski definition) is 1. The van der Waals surface area contributed by atoms with Gasteiger partial charge < -0.3 is 5.32 Å². The van der Waals surface area contributed by atoms with Crippen molar-refractivity contribution in [1.29, 1.82) is 0 Å². The predicted molar refractivity (Wildman–Crippen MR) is 63.2 cm³/mol. The van der Waals surface area contributed by atoms with E-state index in [4.69, 9.17) is 0 Å². The van der Waals surface area contributed by atoms with Crippen molar-refractivity contribution in [2.45, 2.75) is 38.6 Å². The Labute approximate surface area is 94.7 Å². The first-order valence-corrected chi connectivity index (χ1v) is 6.49. The van der Waals surface area contributed by atoms with E-state index in [1.165, 1.54) is 30.6 Å². The van der Waals surface area contributed by atoms with E-state index in [2.05, 4.69) is 12.2 Å². The molecule has 15 heavy (non-hydrogen) atoms. The van der Waals surface area contributed by atoms with Crippen molar-refractivity contribution in [1.82, 2.24) is 5.32 Å². The normalized spacial score (nSPS) is 26.2. The fourth-order valence-electron chi connectivity index (χ4n) is 2.18. The Balaban J connectivity index is 1.93. The molecule has 0 spiro atoms. The largest absolute Gasteiger partial charge is 0.348 e. The molecule has 1 saturated carbocycles. The third-order valence-corrected chi connectivity index (χ3v) is 4.04. The number of carbonyl (C=O) groups is 1. The second-order valence-electron chi connectivity index (χ2n) is 4.32. The summed E-state index contributed by atoms with van der Waals surface area (Å²) < 4.78 is 0. The molecule has 2 unspecified atom stereocenters. The molecule has 1 amide bonds. The molecule has 2 rings (SSSR count). The molecule has 1 aliphatic rings. The van der Waals surface area contributed by atoms with Gasteiger partial charge in [-0.15, -0.1) is 11.3 Å². The summed E-state index contributed by atoms with van der Waals surface area (Å²) in [6, 6.07) is 4.19. The van der Waals surface area contributed by atoms with E-state index in [1.54, 1.807) is 0 Å². The standard InChI is InChI=1S/C12H17NOS/c1-9-5-2-3-6-10(9)13-12(14)11-7-4-8-15-11/h4,7-10H,2-3,5-6H2,1H3,(H,13,14). The van der Waals surface area contributed by atoms with Crippen molar-refractivity contribution in [2.24, 2.45) is 5.92 Å². The van der Waals surface area contributed by atoms with Crippen molar-refractivity contribution in [2.75, 3.05) is 0 Å². The van der Waals surface area contributed by atoms with Gasteiger partial charge in [-0.1, -0.05) is 25.8 Å². The van der Waals surface area contributed by atoms with Crippen LogP contribution in [0.15, 0.2) is 17.5 Å². The molecule has 0 aromatic carbocycles. The SMILES string of the molecule is CC1CCCCC1NC(=O)c1cccs1. The Morgan fingerprint density at radius 3 is 2.93 bits per heavy atom. The van der Waals surface area contributed by atoms with Crippen LogP contribution in [0, 0.1) is 5.92 Å². The minimum Gasteiger partial charge on any atom is -0.348 e. The van der Waals surface area contributed by atoms with Crippen LogP contribution in [0.2, 0.25) is 0 Å². The zero-order valence-corrected chi connectivity index (χ0v) is 9.85. The van der Waals surface area contributed by atoms with Crippen LogP contribution in [0.1, 0.15) is 42.3 Å². The maximum Gasteiger partial charge on any atom is 0.261 e. The Bertz CT molecular complexity index is 320. The predicted octanol–water partition coefficient (Wildman–Crippen LogP) is 3.06. The van der Waals surface area contributed by atoms with Crippen LogP contribution >= 0.6 is 11.3 Å². The number of carbonyl (C=O) groups excluding carboxylic acids is 1. The molecular formula is C12H17NOS. The van der Waals surface area contributed by atoms with Crippen LogP contribution in [0.5, 0.6) is 0 Å². The van der Waals surface area contributed by atoms with Gasteiger partial charge in [0.25, 0.3) is 5.91 Å². The second-order valence-corrected chi connectivity index (χ2v) is 5.27. The van der Waals surface area contributed by atoms with Gasteiger partial charge in [-0.3, -0.25) is 4.79 Å². The van der Waals surface area contributed by atoms with Gasteiger partial charge >= 0.3 is 0 Å². The van der Waals surface area contributed by atoms with Crippen LogP contribution in [0.25, 0.3) is 0 Å². The molecule has 1 aromatic rings. The minimum atomic E-state index is 0.101. The third-order valence-electron chi connectivity index (χ3n) is 3.17. The Kier molecular flexibility index (Phi) is 3.41. The molecule has 3 heteroatoms. The Hall–Kier alpha value is -0.830. The summed E-state index contributed by atoms with van der Waals surface area (Å²) in [4.78, 5) is 12.6. The van der Waals surface area contributed by atoms with Crippen LogP contribution < -0.4 is 5.32 Å². The molecule has 0 radical (unpaired) electrons. The van der Waals surface area contributed by atoms with E-state index in [1.807, 2.05) is 17.5 Å². The topological polar surface area (TPSA) is 29.1 Å². The smallest absolute Gasteiger partial charge is 0.261 e. The van der Waals surface area contributed by atoms with Gasteiger partial charge in [-0.2, -0.15) is 0 Å². The van der Waals surface area contributed by atoms with Crippen molar-refractivity contribution < 1.29 is 4.79 Å². The lowest BCUT2D eigenvalue weighted by Crippen LogP contribution is -2.40. The molecular weight excluding hydrogens is 206 g/mol. The van der Waals surface area contributed by atoms with Crippen molar-refractivity contribution >= 4 is 17.2 Å². The molecule has 0 bridgehead atoms. The molecule has 82 valence electrons. The lowest BCUT2D eigenvalue weighted by molar-refractivity contribution is 0.0914. The lowest BCUT2D eigenvalue weighted by atomic mass is 9.86. The summed E-state index contributed by atoms with van der Waals surface area (Å²) in [5.41, 5.74) is 0. The summed E-state index contributed by atoms with van der Waals surface area (Å²) in [6.45, 7) is 2.23. The molecule has 1 heterocycles. The number of nitrogens with one attached hydrogen (secondary N) is 1. The molecule has 1 N–H and O–H groups in total. The molecule has 2 nitrogen and oxygen atoms in total. The van der Waals surface area contributed by atoms with Gasteiger partial charge in [0.15, 0.2) is 0 Å². The number of hydrogen-bond acceptors (Lipinski definition) is 2. The van der Waals surface area contributed by atoms with E-state index < -0.39 is 0 Å². The first kappa shape index (κ1) is 10.7. The maximum absolute atomic E-state index is 11.8. The van der Waals surface area contributed by atoms with E-state index in [0.717, 1.165) is 11.3 Å². The summed E-state index contributed by atoms with van der Waals surface area (Å²) in [5.74, 6) is 0.728. The van der Waals surface area contributed by atoms with E-state index in [0.29, 0.717) is 12.0 Å². The van der Waals surface area contributed by atoms with Crippen molar-refractivity contribution in [3.63, 3.8) is 0 Å². The highest BCUT2D eigenvalue weighted by Crippen LogP contribution is 2.24. The van der Waals surface area contributed by atoms with Crippen molar-refractivity contribution in [3.8, 4) is 0 Å². The minimum absolute atomic E-state index is 0.101. The quantitative estimate of drug-likeness (QED) is 0.820. The highest BCUT2D eigenvalue weighted by Gasteiger charge is 2.23. The van der Waals surface area contributed by atoms with E-state index >= 15 is 0 Å². The monoisotopic (exact) mass is 223 g/mol. The number of rotatable bonds is 2. The molecule has 1 fully saturated rings. The third kappa shape index (κ3) is 2.59. The maximum atomic E-state index is 11.8. The summed E-state index contributed by atoms with van der Waals surface area (Å²) >= 11 is 1.51. The first-order chi connectivity index (χ1) is 7.27. The van der Waals surface area contributed by atoms with Crippen LogP contribution in [-0.4, -0.2) is 11.9 Å². The van der Waals surface area contributed by atoms with Crippen LogP contribution in [0.3, 0.4) is 0 Å². The summed E-state index contributed by atoms with van der Waals surface area (Å²) in [7, 11) is 0. The summed E-state index contributed by atoms with van der Waals surface area (Å²) in [5, 5.41) is 5.09. The molecule has 0 aliphatic heterocycles. The fourth-order valence-corrected chi connectivity index (χ4v) is 2.80. The average molecular weight is 223 g/mol. The fraction of sp³-hybridized carbons (Fsp3) is 0.583. The first-order valence-electron chi connectivity index (χ1n) is 5.62. The van der Waals surface area contributed by atoms with Gasteiger partial charge in [0.05, 0.1) is 4.88 Å². The van der Waals surface area contributed by atoms with Crippen LogP contribution in [-0.2, 0) is 0 Å². The number of thiophene rings is 1. The van der Waals surface area contributed by atoms with Gasteiger partial charge in [0, 0.05) is 6.04 Å². The molecule has 2 atom stereocenters. The summed E-state index contributed by atoms with van der Waals surface area (Å²) in [6.07, 6.45) is 4.94. The second kappa shape index (κ2) is 4.79. The van der Waals surface area contributed by atoms with Gasteiger partial charge in [-0.25, -0.2) is 0 Å². The lowest BCUT2D eigenvalue weighted by Gasteiger charge is -2.29. The Morgan fingerprint density at radius 2 is 2.27 bits per heavy atom. The molecule has 1 aromatic heterocycles. The van der Waals surface area contributed by atoms with E-state index in [-0.39, 0.29) is 5.91 Å². The van der Waals surface area contributed by atoms with Crippen LogP contribution in [0.4, 0.5) is 0 Å². The van der Waals surface area contributed by atoms with Gasteiger partial charge in [0.2, 0.25) is 0 Å². The van der Waals surface area contributed by atoms with E-state index in [9.17, 15) is 4.79 Å². The van der Waals surface area contributed by atoms with Gasteiger partial charge in [0.1, 0.15) is 0 Å². The van der Waals surface area contributed by atoms with Gasteiger partial charge in [-0.05, 0) is 30.2 Å². The zero-order valence-electron chi connectivity index (χ0n) is 9.03.